The number of carboxylic acids is 1. The Morgan fingerprint density at radius 2 is 1.81 bits per heavy atom. The zero-order chi connectivity index (χ0) is 25.4. The minimum Gasteiger partial charge on any atom is -0.480 e. The number of likely N-dealkylation sites (tertiary alicyclic amines) is 1. The summed E-state index contributed by atoms with van der Waals surface area (Å²) in [4.78, 5) is 41.4. The molecular weight excluding hydrogens is 454 g/mol. The van der Waals surface area contributed by atoms with E-state index in [0.717, 1.165) is 21.2 Å². The van der Waals surface area contributed by atoms with Gasteiger partial charge >= 0.3 is 5.97 Å². The van der Waals surface area contributed by atoms with Crippen LogP contribution in [-0.4, -0.2) is 39.9 Å². The molecule has 3 aromatic carbocycles. The predicted octanol–water partition coefficient (Wildman–Crippen LogP) is 3.60. The summed E-state index contributed by atoms with van der Waals surface area (Å²) < 4.78 is 0. The molecule has 7 nitrogen and oxygen atoms in total. The third-order valence-corrected chi connectivity index (χ3v) is 7.36. The quantitative estimate of drug-likeness (QED) is 0.413. The fourth-order valence-corrected chi connectivity index (χ4v) is 5.70. The number of carboxylic acid groups (broad SMARTS) is 1. The highest BCUT2D eigenvalue weighted by molar-refractivity contribution is 6.09. The highest BCUT2D eigenvalue weighted by atomic mass is 16.4. The van der Waals surface area contributed by atoms with Crippen LogP contribution in [0.4, 0.5) is 0 Å². The van der Waals surface area contributed by atoms with E-state index >= 15 is 0 Å². The summed E-state index contributed by atoms with van der Waals surface area (Å²) >= 11 is 0. The Bertz CT molecular complexity index is 1460. The second-order valence-corrected chi connectivity index (χ2v) is 9.32. The van der Waals surface area contributed by atoms with Gasteiger partial charge < -0.3 is 5.11 Å². The van der Waals surface area contributed by atoms with E-state index in [1.54, 1.807) is 43.3 Å². The molecule has 0 radical (unpaired) electrons. The predicted molar refractivity (Wildman–Crippen MR) is 134 cm³/mol. The van der Waals surface area contributed by atoms with Crippen LogP contribution in [-0.2, 0) is 20.8 Å². The fraction of sp³-hybridized carbons (Fsp3) is 0.241. The lowest BCUT2D eigenvalue weighted by Gasteiger charge is -2.31. The monoisotopic (exact) mass is 479 g/mol. The number of nitrogens with one attached hydrogen (secondary N) is 1. The highest BCUT2D eigenvalue weighted by Crippen LogP contribution is 2.50. The number of nitrogens with zero attached hydrogens (tertiary/aromatic N) is 2. The highest BCUT2D eigenvalue weighted by Gasteiger charge is 2.68. The van der Waals surface area contributed by atoms with E-state index in [9.17, 15) is 24.8 Å². The molecule has 0 aliphatic carbocycles. The Hall–Kier alpha value is -4.28. The van der Waals surface area contributed by atoms with Crippen molar-refractivity contribution in [3.63, 3.8) is 0 Å². The molecule has 2 amide bonds. The van der Waals surface area contributed by atoms with Gasteiger partial charge in [-0.3, -0.25) is 24.6 Å². The maximum atomic E-state index is 13.7. The molecule has 2 saturated heterocycles. The molecule has 0 aromatic heterocycles. The van der Waals surface area contributed by atoms with E-state index in [1.807, 2.05) is 42.5 Å². The summed E-state index contributed by atoms with van der Waals surface area (Å²) in [6, 6.07) is 21.6. The van der Waals surface area contributed by atoms with E-state index in [4.69, 9.17) is 0 Å². The van der Waals surface area contributed by atoms with Crippen molar-refractivity contribution in [2.24, 2.45) is 11.8 Å². The minimum absolute atomic E-state index is 0.00995. The Balaban J connectivity index is 1.65. The number of benzene rings is 3. The molecule has 2 heterocycles. The first-order chi connectivity index (χ1) is 17.4. The van der Waals surface area contributed by atoms with Crippen molar-refractivity contribution < 1.29 is 19.5 Å². The lowest BCUT2D eigenvalue weighted by molar-refractivity contribution is -0.151. The summed E-state index contributed by atoms with van der Waals surface area (Å²) in [6.45, 7) is 1.88. The molecule has 5 rings (SSSR count). The number of aliphatic carboxylic acids is 1. The summed E-state index contributed by atoms with van der Waals surface area (Å²) in [5, 5.41) is 25.5. The van der Waals surface area contributed by atoms with Crippen molar-refractivity contribution in [1.82, 2.24) is 10.2 Å². The van der Waals surface area contributed by atoms with Gasteiger partial charge in [0.2, 0.25) is 11.8 Å². The zero-order valence-electron chi connectivity index (χ0n) is 19.7. The van der Waals surface area contributed by atoms with Gasteiger partial charge in [-0.2, -0.15) is 5.26 Å². The van der Waals surface area contributed by atoms with Crippen LogP contribution in [0.3, 0.4) is 0 Å². The number of hydrogen-bond donors (Lipinski definition) is 2. The minimum atomic E-state index is -1.72. The van der Waals surface area contributed by atoms with Crippen LogP contribution in [0.2, 0.25) is 0 Å². The van der Waals surface area contributed by atoms with Gasteiger partial charge in [0.05, 0.1) is 23.5 Å². The van der Waals surface area contributed by atoms with Crippen LogP contribution in [0.1, 0.15) is 29.7 Å². The topological polar surface area (TPSA) is 110 Å². The summed E-state index contributed by atoms with van der Waals surface area (Å²) in [5.74, 6) is -4.17. The van der Waals surface area contributed by atoms with Crippen molar-refractivity contribution in [2.45, 2.75) is 24.9 Å². The molecule has 0 saturated carbocycles. The fourth-order valence-electron chi connectivity index (χ4n) is 5.70. The summed E-state index contributed by atoms with van der Waals surface area (Å²) in [6.07, 6.45) is 3.46. The van der Waals surface area contributed by atoms with Crippen LogP contribution in [0.15, 0.2) is 78.9 Å². The number of fused-ring (bicyclic) bond motifs is 2. The van der Waals surface area contributed by atoms with Gasteiger partial charge in [-0.05, 0) is 34.9 Å². The first-order valence-corrected chi connectivity index (χ1v) is 11.9. The SMILES string of the molecule is C/C=C/CN1C(=O)C2C(c3ccccc3C#N)NC(Cc3ccc4ccccc4c3)(C(=O)O)C2C1=O. The molecule has 2 aliphatic rings. The van der Waals surface area contributed by atoms with Crippen LogP contribution < -0.4 is 5.32 Å². The second-order valence-electron chi connectivity index (χ2n) is 9.32. The van der Waals surface area contributed by atoms with Gasteiger partial charge in [0.1, 0.15) is 5.54 Å². The number of amides is 2. The zero-order valence-corrected chi connectivity index (χ0v) is 19.7. The lowest BCUT2D eigenvalue weighted by atomic mass is 9.76. The number of hydrogen-bond acceptors (Lipinski definition) is 5. The third kappa shape index (κ3) is 3.58. The van der Waals surface area contributed by atoms with Crippen LogP contribution in [0, 0.1) is 23.2 Å². The van der Waals surface area contributed by atoms with Gasteiger partial charge in [-0.1, -0.05) is 72.8 Å². The molecule has 2 N–H and O–H groups in total. The van der Waals surface area contributed by atoms with E-state index in [-0.39, 0.29) is 13.0 Å². The maximum Gasteiger partial charge on any atom is 0.325 e. The van der Waals surface area contributed by atoms with Crippen molar-refractivity contribution in [3.05, 3.63) is 95.6 Å². The largest absolute Gasteiger partial charge is 0.480 e. The molecule has 7 heteroatoms. The average molecular weight is 480 g/mol. The summed E-state index contributed by atoms with van der Waals surface area (Å²) in [5.41, 5.74) is -0.125. The summed E-state index contributed by atoms with van der Waals surface area (Å²) in [7, 11) is 0. The average Bonchev–Trinajstić information content (AvgIpc) is 3.36. The Labute approximate surface area is 208 Å². The molecule has 4 unspecified atom stereocenters. The normalized spacial score (nSPS) is 25.4. The smallest absolute Gasteiger partial charge is 0.325 e. The lowest BCUT2D eigenvalue weighted by Crippen LogP contribution is -2.57. The van der Waals surface area contributed by atoms with Gasteiger partial charge in [-0.15, -0.1) is 0 Å². The second kappa shape index (κ2) is 9.06. The third-order valence-electron chi connectivity index (χ3n) is 7.36. The Morgan fingerprint density at radius 3 is 2.53 bits per heavy atom. The number of rotatable bonds is 6. The van der Waals surface area contributed by atoms with Crippen LogP contribution in [0.25, 0.3) is 10.8 Å². The molecule has 3 aromatic rings. The number of allylic oxidation sites excluding steroid dienone is 1. The molecule has 0 bridgehead atoms. The number of carbonyl (C=O) groups excluding carboxylic acids is 2. The van der Waals surface area contributed by atoms with Crippen molar-refractivity contribution >= 4 is 28.6 Å². The van der Waals surface area contributed by atoms with Crippen molar-refractivity contribution in [1.29, 1.82) is 5.26 Å². The van der Waals surface area contributed by atoms with Crippen molar-refractivity contribution in [2.75, 3.05) is 6.54 Å². The number of carbonyl (C=O) groups is 3. The van der Waals surface area contributed by atoms with E-state index in [0.29, 0.717) is 11.1 Å². The molecule has 2 fully saturated rings. The van der Waals surface area contributed by atoms with E-state index < -0.39 is 41.2 Å². The number of imide groups is 1. The molecule has 36 heavy (non-hydrogen) atoms. The molecule has 2 aliphatic heterocycles. The van der Waals surface area contributed by atoms with E-state index in [2.05, 4.69) is 11.4 Å². The van der Waals surface area contributed by atoms with Gasteiger partial charge in [0.15, 0.2) is 0 Å². The molecule has 4 atom stereocenters. The van der Waals surface area contributed by atoms with Crippen LogP contribution >= 0.6 is 0 Å². The Morgan fingerprint density at radius 1 is 1.08 bits per heavy atom. The van der Waals surface area contributed by atoms with Crippen molar-refractivity contribution in [3.8, 4) is 6.07 Å². The Kier molecular flexibility index (Phi) is 5.91. The van der Waals surface area contributed by atoms with Gasteiger partial charge in [0, 0.05) is 19.0 Å². The maximum absolute atomic E-state index is 13.7. The molecule has 180 valence electrons. The first-order valence-electron chi connectivity index (χ1n) is 11.9. The number of nitriles is 1. The molecule has 0 spiro atoms. The standard InChI is InChI=1S/C29H25N3O4/c1-2-3-14-32-26(33)23-24(27(32)34)29(28(35)36,31-25(23)22-11-7-6-10-21(22)17-30)16-18-12-13-19-8-4-5-9-20(19)15-18/h2-13,15,23-25,31H,14,16H2,1H3,(H,35,36)/b3-2+. The first kappa shape index (κ1) is 23.5. The van der Waals surface area contributed by atoms with Crippen LogP contribution in [0.5, 0.6) is 0 Å². The van der Waals surface area contributed by atoms with Gasteiger partial charge in [-0.25, -0.2) is 0 Å². The molecular formula is C29H25N3O4. The van der Waals surface area contributed by atoms with Gasteiger partial charge in [0.25, 0.3) is 0 Å². The van der Waals surface area contributed by atoms with E-state index in [1.165, 1.54) is 0 Å².